The van der Waals surface area contributed by atoms with Gasteiger partial charge in [0.05, 0.1) is 10.5 Å². The number of allylic oxidation sites excluding steroid dienone is 1. The third kappa shape index (κ3) is 3.78. The molecule has 0 aliphatic rings. The smallest absolute Gasteiger partial charge is 0.269 e. The average molecular weight is 376 g/mol. The molecule has 0 spiro atoms. The van der Waals surface area contributed by atoms with Crippen molar-refractivity contribution in [2.75, 3.05) is 24.7 Å². The van der Waals surface area contributed by atoms with Crippen LogP contribution in [-0.4, -0.2) is 38.5 Å². The maximum atomic E-state index is 10.8. The minimum Gasteiger partial charge on any atom is -0.368 e. The zero-order valence-corrected chi connectivity index (χ0v) is 15.1. The monoisotopic (exact) mass is 376 g/mol. The van der Waals surface area contributed by atoms with Gasteiger partial charge in [0.1, 0.15) is 6.07 Å². The van der Waals surface area contributed by atoms with Crippen molar-refractivity contribution in [2.45, 2.75) is 0 Å². The number of aromatic nitrogens is 4. The minimum absolute atomic E-state index is 0.00240. The van der Waals surface area contributed by atoms with Crippen LogP contribution in [0.3, 0.4) is 0 Å². The van der Waals surface area contributed by atoms with Crippen LogP contribution in [0.5, 0.6) is 0 Å². The number of hydrogen-bond donors (Lipinski definition) is 1. The van der Waals surface area contributed by atoms with Crippen LogP contribution in [0.2, 0.25) is 0 Å². The summed E-state index contributed by atoms with van der Waals surface area (Å²) in [6.07, 6.45) is 3.41. The van der Waals surface area contributed by atoms with E-state index in [0.29, 0.717) is 17.3 Å². The Balaban J connectivity index is 2.03. The topological polar surface area (TPSA) is 140 Å². The van der Waals surface area contributed by atoms with E-state index in [-0.39, 0.29) is 23.0 Å². The molecule has 0 radical (unpaired) electrons. The summed E-state index contributed by atoms with van der Waals surface area (Å²) in [6.45, 7) is 0. The summed E-state index contributed by atoms with van der Waals surface area (Å²) in [5.74, 6) is 0.519. The SMILES string of the molecule is CN(C)c1nc(N)nc(/C(C#N)=C/c2cccn2-c2ccc([N+](=O)[O-])cc2)n1. The summed E-state index contributed by atoms with van der Waals surface area (Å²) in [4.78, 5) is 24.4. The first kappa shape index (κ1) is 18.5. The van der Waals surface area contributed by atoms with Crippen LogP contribution in [0.25, 0.3) is 17.3 Å². The lowest BCUT2D eigenvalue weighted by molar-refractivity contribution is -0.384. The van der Waals surface area contributed by atoms with E-state index in [1.165, 1.54) is 12.1 Å². The molecule has 3 rings (SSSR count). The number of rotatable bonds is 5. The number of hydrogen-bond acceptors (Lipinski definition) is 8. The molecule has 140 valence electrons. The first-order valence-corrected chi connectivity index (χ1v) is 8.12. The van der Waals surface area contributed by atoms with Crippen LogP contribution in [-0.2, 0) is 0 Å². The molecule has 0 aliphatic heterocycles. The molecule has 0 aliphatic carbocycles. The molecule has 0 amide bonds. The fourth-order valence-corrected chi connectivity index (χ4v) is 2.48. The average Bonchev–Trinajstić information content (AvgIpc) is 3.13. The summed E-state index contributed by atoms with van der Waals surface area (Å²) in [5.41, 5.74) is 7.33. The van der Waals surface area contributed by atoms with E-state index in [1.807, 2.05) is 0 Å². The fourth-order valence-electron chi connectivity index (χ4n) is 2.48. The van der Waals surface area contributed by atoms with E-state index in [4.69, 9.17) is 5.73 Å². The Hall–Kier alpha value is -4.26. The normalized spacial score (nSPS) is 11.1. The molecule has 2 N–H and O–H groups in total. The molecule has 2 heterocycles. The van der Waals surface area contributed by atoms with Crippen LogP contribution in [0.15, 0.2) is 42.6 Å². The number of anilines is 2. The quantitative estimate of drug-likeness (QED) is 0.406. The second-order valence-electron chi connectivity index (χ2n) is 5.96. The lowest BCUT2D eigenvalue weighted by Crippen LogP contribution is -2.16. The molecule has 3 aromatic rings. The van der Waals surface area contributed by atoms with Gasteiger partial charge in [-0.2, -0.15) is 20.2 Å². The van der Waals surface area contributed by atoms with Gasteiger partial charge >= 0.3 is 0 Å². The highest BCUT2D eigenvalue weighted by Gasteiger charge is 2.12. The Bertz CT molecular complexity index is 1090. The van der Waals surface area contributed by atoms with Crippen LogP contribution in [0.4, 0.5) is 17.6 Å². The zero-order valence-electron chi connectivity index (χ0n) is 15.1. The van der Waals surface area contributed by atoms with E-state index in [1.54, 1.807) is 60.1 Å². The highest BCUT2D eigenvalue weighted by Crippen LogP contribution is 2.21. The molecule has 0 fully saturated rings. The van der Waals surface area contributed by atoms with Crippen molar-refractivity contribution in [3.63, 3.8) is 0 Å². The van der Waals surface area contributed by atoms with Gasteiger partial charge in [0.15, 0.2) is 5.82 Å². The highest BCUT2D eigenvalue weighted by molar-refractivity contribution is 5.87. The Morgan fingerprint density at radius 2 is 1.96 bits per heavy atom. The number of nitriles is 1. The molecular weight excluding hydrogens is 360 g/mol. The third-order valence-corrected chi connectivity index (χ3v) is 3.81. The molecule has 0 unspecified atom stereocenters. The summed E-state index contributed by atoms with van der Waals surface area (Å²) < 4.78 is 1.79. The molecule has 0 bridgehead atoms. The van der Waals surface area contributed by atoms with Gasteiger partial charge in [0, 0.05) is 43.8 Å². The van der Waals surface area contributed by atoms with Crippen molar-refractivity contribution in [3.05, 3.63) is 64.2 Å². The van der Waals surface area contributed by atoms with Crippen molar-refractivity contribution in [1.29, 1.82) is 5.26 Å². The molecule has 0 saturated carbocycles. The van der Waals surface area contributed by atoms with Crippen molar-refractivity contribution in [1.82, 2.24) is 19.5 Å². The first-order chi connectivity index (χ1) is 13.4. The van der Waals surface area contributed by atoms with E-state index >= 15 is 0 Å². The lowest BCUT2D eigenvalue weighted by atomic mass is 10.2. The maximum absolute atomic E-state index is 10.8. The highest BCUT2D eigenvalue weighted by atomic mass is 16.6. The van der Waals surface area contributed by atoms with Crippen LogP contribution in [0.1, 0.15) is 11.5 Å². The summed E-state index contributed by atoms with van der Waals surface area (Å²) in [6, 6.07) is 11.8. The van der Waals surface area contributed by atoms with Gasteiger partial charge in [0.25, 0.3) is 5.69 Å². The zero-order chi connectivity index (χ0) is 20.3. The Morgan fingerprint density at radius 1 is 1.25 bits per heavy atom. The molecule has 1 aromatic carbocycles. The molecule has 0 atom stereocenters. The van der Waals surface area contributed by atoms with Gasteiger partial charge in [-0.25, -0.2) is 0 Å². The van der Waals surface area contributed by atoms with Gasteiger partial charge in [-0.15, -0.1) is 0 Å². The van der Waals surface area contributed by atoms with E-state index in [0.717, 1.165) is 0 Å². The molecule has 28 heavy (non-hydrogen) atoms. The standard InChI is InChI=1S/C18H16N8O2/c1-24(2)18-22-16(21-17(20)23-18)12(11-19)10-15-4-3-9-25(15)13-5-7-14(8-6-13)26(27)28/h3-10H,1-2H3,(H2,20,21,22,23)/b12-10+. The number of benzene rings is 1. The fraction of sp³-hybridized carbons (Fsp3) is 0.111. The van der Waals surface area contributed by atoms with Gasteiger partial charge < -0.3 is 15.2 Å². The Kier molecular flexibility index (Phi) is 4.99. The second-order valence-corrected chi connectivity index (χ2v) is 5.96. The molecule has 0 saturated heterocycles. The Labute approximate surface area is 160 Å². The third-order valence-electron chi connectivity index (χ3n) is 3.81. The number of nitrogens with two attached hydrogens (primary N) is 1. The van der Waals surface area contributed by atoms with Crippen molar-refractivity contribution < 1.29 is 4.92 Å². The number of nitrogen functional groups attached to an aromatic ring is 1. The minimum atomic E-state index is -0.457. The van der Waals surface area contributed by atoms with E-state index < -0.39 is 4.92 Å². The number of nitro groups is 1. The van der Waals surface area contributed by atoms with Crippen LogP contribution < -0.4 is 10.6 Å². The Morgan fingerprint density at radius 3 is 2.57 bits per heavy atom. The molecule has 10 nitrogen and oxygen atoms in total. The van der Waals surface area contributed by atoms with Crippen molar-refractivity contribution >= 4 is 29.2 Å². The molecular formula is C18H16N8O2. The van der Waals surface area contributed by atoms with Crippen molar-refractivity contribution in [2.24, 2.45) is 0 Å². The lowest BCUT2D eigenvalue weighted by Gasteiger charge is -2.11. The maximum Gasteiger partial charge on any atom is 0.269 e. The van der Waals surface area contributed by atoms with Gasteiger partial charge in [0.2, 0.25) is 11.9 Å². The second kappa shape index (κ2) is 7.55. The van der Waals surface area contributed by atoms with Gasteiger partial charge in [-0.3, -0.25) is 10.1 Å². The van der Waals surface area contributed by atoms with Crippen LogP contribution in [0, 0.1) is 21.4 Å². The van der Waals surface area contributed by atoms with Gasteiger partial charge in [-0.1, -0.05) is 0 Å². The van der Waals surface area contributed by atoms with E-state index in [9.17, 15) is 15.4 Å². The van der Waals surface area contributed by atoms with E-state index in [2.05, 4.69) is 21.0 Å². The summed E-state index contributed by atoms with van der Waals surface area (Å²) in [7, 11) is 3.52. The molecule has 10 heteroatoms. The van der Waals surface area contributed by atoms with Gasteiger partial charge in [-0.05, 0) is 30.3 Å². The summed E-state index contributed by atoms with van der Waals surface area (Å²) >= 11 is 0. The van der Waals surface area contributed by atoms with Crippen LogP contribution >= 0.6 is 0 Å². The predicted molar refractivity (Wildman–Crippen MR) is 104 cm³/mol. The largest absolute Gasteiger partial charge is 0.368 e. The first-order valence-electron chi connectivity index (χ1n) is 8.12. The number of nitrogens with zero attached hydrogens (tertiary/aromatic N) is 7. The van der Waals surface area contributed by atoms with Crippen molar-refractivity contribution in [3.8, 4) is 11.8 Å². The number of non-ortho nitro benzene ring substituents is 1. The summed E-state index contributed by atoms with van der Waals surface area (Å²) in [5, 5.41) is 20.4. The predicted octanol–water partition coefficient (Wildman–Crippen LogP) is 2.28. The molecule has 2 aromatic heterocycles. The number of nitro benzene ring substituents is 1.